The topological polar surface area (TPSA) is 68.1 Å². The minimum Gasteiger partial charge on any atom is -0.352 e. The number of hydrogen-bond donors (Lipinski definition) is 2. The van der Waals surface area contributed by atoms with Gasteiger partial charge >= 0.3 is 5.69 Å². The van der Waals surface area contributed by atoms with E-state index in [9.17, 15) is 9.59 Å². The van der Waals surface area contributed by atoms with Crippen molar-refractivity contribution in [1.29, 1.82) is 0 Å². The monoisotopic (exact) mass is 330 g/mol. The van der Waals surface area contributed by atoms with Crippen molar-refractivity contribution >= 4 is 16.9 Å². The second-order valence-electron chi connectivity index (χ2n) is 6.44. The maximum absolute atomic E-state index is 12.7. The fourth-order valence-corrected chi connectivity index (χ4v) is 3.42. The van der Waals surface area contributed by atoms with Crippen LogP contribution in [0.3, 0.4) is 0 Å². The molecule has 1 aromatic heterocycles. The van der Waals surface area contributed by atoms with Crippen LogP contribution >= 0.6 is 0 Å². The normalized spacial score (nSPS) is 18.0. The quantitative estimate of drug-likeness (QED) is 0.843. The number of aryl methyl sites for hydroxylation is 2. The van der Waals surface area contributed by atoms with Gasteiger partial charge in [0.25, 0.3) is 0 Å². The lowest BCUT2D eigenvalue weighted by atomic mass is 10.1. The maximum atomic E-state index is 12.7. The molecule has 0 radical (unpaired) electrons. The van der Waals surface area contributed by atoms with Crippen LogP contribution in [0.2, 0.25) is 0 Å². The fourth-order valence-electron chi connectivity index (χ4n) is 3.42. The lowest BCUT2D eigenvalue weighted by Crippen LogP contribution is -2.45. The Morgan fingerprint density at radius 2 is 1.96 bits per heavy atom. The summed E-state index contributed by atoms with van der Waals surface area (Å²) in [6, 6.07) is 8.01. The molecule has 2 heterocycles. The third-order valence-electron chi connectivity index (χ3n) is 4.60. The summed E-state index contributed by atoms with van der Waals surface area (Å²) < 4.78 is 3.53. The molecule has 3 rings (SSSR count). The zero-order valence-corrected chi connectivity index (χ0v) is 14.3. The molecule has 0 bridgehead atoms. The molecular formula is C18H26N4O2. The Bertz CT molecular complexity index is 756. The van der Waals surface area contributed by atoms with Gasteiger partial charge < -0.3 is 10.6 Å². The molecule has 1 aliphatic heterocycles. The van der Waals surface area contributed by atoms with Crippen LogP contribution in [-0.4, -0.2) is 34.2 Å². The largest absolute Gasteiger partial charge is 0.352 e. The van der Waals surface area contributed by atoms with E-state index in [2.05, 4.69) is 17.6 Å². The Kier molecular flexibility index (Phi) is 5.35. The second kappa shape index (κ2) is 7.66. The van der Waals surface area contributed by atoms with Crippen molar-refractivity contribution in [2.75, 3.05) is 13.1 Å². The van der Waals surface area contributed by atoms with Crippen molar-refractivity contribution in [3.8, 4) is 0 Å². The first-order valence-corrected chi connectivity index (χ1v) is 8.89. The summed E-state index contributed by atoms with van der Waals surface area (Å²) in [5.41, 5.74) is 1.83. The fraction of sp³-hybridized carbons (Fsp3) is 0.556. The number of hydrogen-bond acceptors (Lipinski definition) is 3. The van der Waals surface area contributed by atoms with Crippen molar-refractivity contribution in [3.05, 3.63) is 34.7 Å². The molecule has 1 amide bonds. The first-order valence-electron chi connectivity index (χ1n) is 8.89. The summed E-state index contributed by atoms with van der Waals surface area (Å²) >= 11 is 0. The maximum Gasteiger partial charge on any atom is 0.329 e. The van der Waals surface area contributed by atoms with Gasteiger partial charge in [0.1, 0.15) is 0 Å². The molecule has 2 N–H and O–H groups in total. The number of amides is 1. The molecule has 1 unspecified atom stereocenters. The Labute approximate surface area is 141 Å². The van der Waals surface area contributed by atoms with Crippen molar-refractivity contribution in [1.82, 2.24) is 19.8 Å². The minimum atomic E-state index is -0.0230. The first-order chi connectivity index (χ1) is 11.7. The van der Waals surface area contributed by atoms with Gasteiger partial charge in [-0.15, -0.1) is 0 Å². The van der Waals surface area contributed by atoms with Crippen molar-refractivity contribution in [3.63, 3.8) is 0 Å². The molecule has 24 heavy (non-hydrogen) atoms. The van der Waals surface area contributed by atoms with E-state index in [1.54, 1.807) is 9.13 Å². The number of piperidine rings is 1. The van der Waals surface area contributed by atoms with E-state index < -0.39 is 0 Å². The number of para-hydroxylation sites is 2. The van der Waals surface area contributed by atoms with E-state index in [-0.39, 0.29) is 17.6 Å². The number of nitrogens with one attached hydrogen (secondary N) is 2. The Morgan fingerprint density at radius 1 is 1.25 bits per heavy atom. The third kappa shape index (κ3) is 3.53. The zero-order valence-electron chi connectivity index (χ0n) is 14.3. The number of carbonyl (C=O) groups is 1. The summed E-state index contributed by atoms with van der Waals surface area (Å²) in [5, 5.41) is 6.36. The highest BCUT2D eigenvalue weighted by Crippen LogP contribution is 2.13. The molecule has 6 heteroatoms. The van der Waals surface area contributed by atoms with E-state index in [0.717, 1.165) is 43.4 Å². The van der Waals surface area contributed by atoms with Gasteiger partial charge in [-0.1, -0.05) is 19.1 Å². The van der Waals surface area contributed by atoms with E-state index in [1.807, 2.05) is 24.3 Å². The summed E-state index contributed by atoms with van der Waals surface area (Å²) in [5.74, 6) is 0.0166. The number of rotatable bonds is 6. The molecule has 0 spiro atoms. The smallest absolute Gasteiger partial charge is 0.329 e. The molecule has 0 aliphatic carbocycles. The summed E-state index contributed by atoms with van der Waals surface area (Å²) in [7, 11) is 0. The van der Waals surface area contributed by atoms with E-state index in [1.165, 1.54) is 0 Å². The Balaban J connectivity index is 1.71. The minimum absolute atomic E-state index is 0.0166. The van der Waals surface area contributed by atoms with Gasteiger partial charge in [-0.2, -0.15) is 0 Å². The van der Waals surface area contributed by atoms with Gasteiger partial charge in [0.05, 0.1) is 11.0 Å². The highest BCUT2D eigenvalue weighted by molar-refractivity contribution is 5.78. The summed E-state index contributed by atoms with van der Waals surface area (Å²) in [4.78, 5) is 24.9. The van der Waals surface area contributed by atoms with E-state index in [4.69, 9.17) is 0 Å². The average molecular weight is 330 g/mol. The molecule has 6 nitrogen and oxygen atoms in total. The molecule has 1 atom stereocenters. The third-order valence-corrected chi connectivity index (χ3v) is 4.60. The van der Waals surface area contributed by atoms with E-state index in [0.29, 0.717) is 19.5 Å². The lowest BCUT2D eigenvalue weighted by molar-refractivity contribution is -0.122. The van der Waals surface area contributed by atoms with Crippen LogP contribution < -0.4 is 16.3 Å². The van der Waals surface area contributed by atoms with Gasteiger partial charge in [0.15, 0.2) is 0 Å². The predicted octanol–water partition coefficient (Wildman–Crippen LogP) is 1.47. The first kappa shape index (κ1) is 16.8. The number of nitrogens with zero attached hydrogens (tertiary/aromatic N) is 2. The SMILES string of the molecule is CCCn1c(=O)n(CCC(=O)NC2CCCNC2)c2ccccc21. The van der Waals surface area contributed by atoms with Crippen LogP contribution in [0, 0.1) is 0 Å². The summed E-state index contributed by atoms with van der Waals surface area (Å²) in [6.07, 6.45) is 3.35. The standard InChI is InChI=1S/C18H26N4O2/c1-2-11-21-15-7-3-4-8-16(15)22(18(21)24)12-9-17(23)20-14-6-5-10-19-13-14/h3-4,7-8,14,19H,2,5-6,9-13H2,1H3,(H,20,23). The number of fused-ring (bicyclic) bond motifs is 1. The van der Waals surface area contributed by atoms with Crippen LogP contribution in [-0.2, 0) is 17.9 Å². The van der Waals surface area contributed by atoms with Crippen molar-refractivity contribution in [2.45, 2.75) is 51.7 Å². The van der Waals surface area contributed by atoms with E-state index >= 15 is 0 Å². The molecule has 1 fully saturated rings. The zero-order chi connectivity index (χ0) is 16.9. The van der Waals surface area contributed by atoms with Gasteiger partial charge in [0, 0.05) is 32.1 Å². The molecular weight excluding hydrogens is 304 g/mol. The van der Waals surface area contributed by atoms with Crippen LogP contribution in [0.15, 0.2) is 29.1 Å². The predicted molar refractivity (Wildman–Crippen MR) is 95.1 cm³/mol. The number of aromatic nitrogens is 2. The molecule has 1 aliphatic rings. The highest BCUT2D eigenvalue weighted by atomic mass is 16.2. The highest BCUT2D eigenvalue weighted by Gasteiger charge is 2.17. The summed E-state index contributed by atoms with van der Waals surface area (Å²) in [6.45, 7) is 5.04. The average Bonchev–Trinajstić information content (AvgIpc) is 2.86. The van der Waals surface area contributed by atoms with Gasteiger partial charge in [0.2, 0.25) is 5.91 Å². The second-order valence-corrected chi connectivity index (χ2v) is 6.44. The van der Waals surface area contributed by atoms with Crippen LogP contribution in [0.4, 0.5) is 0 Å². The molecule has 130 valence electrons. The number of imidazole rings is 1. The van der Waals surface area contributed by atoms with Crippen LogP contribution in [0.1, 0.15) is 32.6 Å². The van der Waals surface area contributed by atoms with Gasteiger partial charge in [-0.3, -0.25) is 13.9 Å². The lowest BCUT2D eigenvalue weighted by Gasteiger charge is -2.23. The molecule has 1 aromatic carbocycles. The van der Waals surface area contributed by atoms with Gasteiger partial charge in [-0.05, 0) is 37.9 Å². The van der Waals surface area contributed by atoms with Gasteiger partial charge in [-0.25, -0.2) is 4.79 Å². The Morgan fingerprint density at radius 3 is 2.58 bits per heavy atom. The number of carbonyl (C=O) groups excluding carboxylic acids is 1. The van der Waals surface area contributed by atoms with Crippen molar-refractivity contribution in [2.24, 2.45) is 0 Å². The van der Waals surface area contributed by atoms with Crippen LogP contribution in [0.5, 0.6) is 0 Å². The number of benzene rings is 1. The molecule has 1 saturated heterocycles. The molecule has 0 saturated carbocycles. The molecule has 2 aromatic rings. The van der Waals surface area contributed by atoms with Crippen molar-refractivity contribution < 1.29 is 4.79 Å². The Hall–Kier alpha value is -2.08. The van der Waals surface area contributed by atoms with Crippen LogP contribution in [0.25, 0.3) is 11.0 Å².